The molecule has 0 rings (SSSR count). The molecule has 0 radical (unpaired) electrons. The third kappa shape index (κ3) is 1130. The molecule has 0 atom stereocenters. The molecule has 0 unspecified atom stereocenters. The van der Waals surface area contributed by atoms with Gasteiger partial charge in [-0.2, -0.15) is 8.42 Å². The largest absolute Gasteiger partial charge is 0.344 e. The second kappa shape index (κ2) is 4.48. The second-order valence-corrected chi connectivity index (χ2v) is 1.54. The summed E-state index contributed by atoms with van der Waals surface area (Å²) >= 11 is 0. The molecular formula is H6N2NiO3S. The molecule has 0 spiro atoms. The molecule has 0 saturated heterocycles. The van der Waals surface area contributed by atoms with Crippen LogP contribution < -0.4 is 11.3 Å². The van der Waals surface area contributed by atoms with Crippen molar-refractivity contribution in [1.29, 1.82) is 0 Å². The molecule has 0 aliphatic rings. The fraction of sp³-hybridized carbons (Fsp3) is 0. The molecule has 0 aliphatic heterocycles. The van der Waals surface area contributed by atoms with Crippen LogP contribution in [0, 0.1) is 0 Å². The third-order valence-corrected chi connectivity index (χ3v) is 0. The SMILES string of the molecule is N.NS(=O)(=O)O.[Ni]. The zero-order valence-corrected chi connectivity index (χ0v) is 5.08. The summed E-state index contributed by atoms with van der Waals surface area (Å²) in [5.41, 5.74) is 0. The van der Waals surface area contributed by atoms with Crippen LogP contribution in [0.5, 0.6) is 0 Å². The Morgan fingerprint density at radius 1 is 1.43 bits per heavy atom. The van der Waals surface area contributed by atoms with Gasteiger partial charge in [0.05, 0.1) is 0 Å². The molecule has 7 heteroatoms. The third-order valence-electron chi connectivity index (χ3n) is 0. The van der Waals surface area contributed by atoms with Crippen molar-refractivity contribution in [3.05, 3.63) is 0 Å². The molecule has 0 fully saturated rings. The Labute approximate surface area is 51.7 Å². The Balaban J connectivity index is -0.0000000800. The van der Waals surface area contributed by atoms with Gasteiger partial charge in [-0.1, -0.05) is 0 Å². The van der Waals surface area contributed by atoms with E-state index in [-0.39, 0.29) is 22.6 Å². The van der Waals surface area contributed by atoms with Gasteiger partial charge in [0.2, 0.25) is 0 Å². The van der Waals surface area contributed by atoms with Gasteiger partial charge in [-0.05, 0) is 0 Å². The maximum Gasteiger partial charge on any atom is 0.330 e. The molecule has 0 heterocycles. The van der Waals surface area contributed by atoms with Crippen LogP contribution in [0.25, 0.3) is 0 Å². The quantitative estimate of drug-likeness (QED) is 0.318. The van der Waals surface area contributed by atoms with Crippen molar-refractivity contribution in [3.8, 4) is 0 Å². The summed E-state index contributed by atoms with van der Waals surface area (Å²) < 4.78 is 25.2. The van der Waals surface area contributed by atoms with Gasteiger partial charge in [0.1, 0.15) is 0 Å². The first-order chi connectivity index (χ1) is 2.00. The van der Waals surface area contributed by atoms with Crippen LogP contribution >= 0.6 is 0 Å². The van der Waals surface area contributed by atoms with E-state index < -0.39 is 10.3 Å². The van der Waals surface area contributed by atoms with E-state index in [1.54, 1.807) is 0 Å². The van der Waals surface area contributed by atoms with E-state index in [0.29, 0.717) is 0 Å². The van der Waals surface area contributed by atoms with Crippen molar-refractivity contribution >= 4 is 10.3 Å². The average Bonchev–Trinajstić information content (AvgIpc) is 0.722. The predicted octanol–water partition coefficient (Wildman–Crippen LogP) is -1.09. The zero-order valence-electron chi connectivity index (χ0n) is 3.27. The second-order valence-electron chi connectivity index (χ2n) is 0.515. The molecule has 0 saturated carbocycles. The Hall–Kier alpha value is 0.324. The van der Waals surface area contributed by atoms with Crippen molar-refractivity contribution in [1.82, 2.24) is 6.15 Å². The van der Waals surface area contributed by atoms with Crippen LogP contribution in [0.2, 0.25) is 0 Å². The molecule has 7 heavy (non-hydrogen) atoms. The van der Waals surface area contributed by atoms with Crippen LogP contribution in [0.4, 0.5) is 0 Å². The molecule has 0 aromatic rings. The maximum absolute atomic E-state index is 8.97. The summed E-state index contributed by atoms with van der Waals surface area (Å²) in [6.45, 7) is 0. The van der Waals surface area contributed by atoms with Gasteiger partial charge in [-0.3, -0.25) is 4.55 Å². The standard InChI is InChI=1S/H3NO3S.H3N.Ni/c1-5(2,3)4;;/h(H3,1,2,3,4);1H3;. The van der Waals surface area contributed by atoms with E-state index in [0.717, 1.165) is 0 Å². The first-order valence-corrected chi connectivity index (χ1v) is 2.25. The van der Waals surface area contributed by atoms with Gasteiger partial charge in [0.15, 0.2) is 0 Å². The van der Waals surface area contributed by atoms with Gasteiger partial charge in [-0.15, -0.1) is 0 Å². The Bertz CT molecular complexity index is 96.1. The molecule has 0 bridgehead atoms. The van der Waals surface area contributed by atoms with Crippen molar-refractivity contribution in [2.75, 3.05) is 0 Å². The summed E-state index contributed by atoms with van der Waals surface area (Å²) in [6, 6.07) is 0. The van der Waals surface area contributed by atoms with Gasteiger partial charge in [0.25, 0.3) is 0 Å². The van der Waals surface area contributed by atoms with E-state index >= 15 is 0 Å². The predicted molar refractivity (Wildman–Crippen MR) is 20.8 cm³/mol. The van der Waals surface area contributed by atoms with Crippen LogP contribution in [-0.2, 0) is 26.8 Å². The molecule has 0 aliphatic carbocycles. The van der Waals surface area contributed by atoms with E-state index in [1.165, 1.54) is 0 Å². The van der Waals surface area contributed by atoms with Gasteiger partial charge in [-0.25, -0.2) is 5.14 Å². The van der Waals surface area contributed by atoms with Gasteiger partial charge < -0.3 is 6.15 Å². The van der Waals surface area contributed by atoms with Crippen LogP contribution in [0.3, 0.4) is 0 Å². The molecule has 50 valence electrons. The normalized spacial score (nSPS) is 8.29. The molecule has 0 aromatic heterocycles. The minimum absolute atomic E-state index is 0. The van der Waals surface area contributed by atoms with Crippen molar-refractivity contribution in [2.45, 2.75) is 0 Å². The van der Waals surface area contributed by atoms with E-state index in [1.807, 2.05) is 0 Å². The van der Waals surface area contributed by atoms with E-state index in [4.69, 9.17) is 13.0 Å². The molecule has 6 N–H and O–H groups in total. The average molecular weight is 173 g/mol. The minimum atomic E-state index is -4.17. The van der Waals surface area contributed by atoms with Crippen molar-refractivity contribution < 1.29 is 29.5 Å². The van der Waals surface area contributed by atoms with Crippen LogP contribution in [-0.4, -0.2) is 13.0 Å². The van der Waals surface area contributed by atoms with E-state index in [9.17, 15) is 0 Å². The van der Waals surface area contributed by atoms with Crippen LogP contribution in [0.15, 0.2) is 0 Å². The van der Waals surface area contributed by atoms with Crippen LogP contribution in [0.1, 0.15) is 0 Å². The molecule has 0 aromatic carbocycles. The minimum Gasteiger partial charge on any atom is -0.344 e. The monoisotopic (exact) mass is 172 g/mol. The summed E-state index contributed by atoms with van der Waals surface area (Å²) in [6.07, 6.45) is 0. The first kappa shape index (κ1) is 15.7. The molecular weight excluding hydrogens is 167 g/mol. The summed E-state index contributed by atoms with van der Waals surface area (Å²) in [5, 5.41) is 3.88. The fourth-order valence-electron chi connectivity index (χ4n) is 0. The fourth-order valence-corrected chi connectivity index (χ4v) is 0. The summed E-state index contributed by atoms with van der Waals surface area (Å²) in [7, 11) is -4.17. The number of hydrogen-bond donors (Lipinski definition) is 3. The van der Waals surface area contributed by atoms with Gasteiger partial charge >= 0.3 is 10.3 Å². The number of hydrogen-bond acceptors (Lipinski definition) is 3. The van der Waals surface area contributed by atoms with Crippen molar-refractivity contribution in [3.63, 3.8) is 0 Å². The Kier molecular flexibility index (Phi) is 10.0. The topological polar surface area (TPSA) is 115 Å². The number of rotatable bonds is 0. The Morgan fingerprint density at radius 2 is 1.43 bits per heavy atom. The number of nitrogens with two attached hydrogens (primary N) is 1. The van der Waals surface area contributed by atoms with Gasteiger partial charge in [0, 0.05) is 16.5 Å². The zero-order chi connectivity index (χ0) is 4.50. The Morgan fingerprint density at radius 3 is 1.43 bits per heavy atom. The molecule has 0 amide bonds. The summed E-state index contributed by atoms with van der Waals surface area (Å²) in [4.78, 5) is 0. The smallest absolute Gasteiger partial charge is 0.330 e. The molecule has 5 nitrogen and oxygen atoms in total. The van der Waals surface area contributed by atoms with Crippen molar-refractivity contribution in [2.24, 2.45) is 5.14 Å². The first-order valence-electron chi connectivity index (χ1n) is 0.752. The van der Waals surface area contributed by atoms with E-state index in [2.05, 4.69) is 5.14 Å². The maximum atomic E-state index is 8.97. The summed E-state index contributed by atoms with van der Waals surface area (Å²) in [5.74, 6) is 0.